The maximum atomic E-state index is 12.4. The van der Waals surface area contributed by atoms with Crippen molar-refractivity contribution in [1.82, 2.24) is 10.3 Å². The molecule has 0 bridgehead atoms. The minimum Gasteiger partial charge on any atom is -0.384 e. The quantitative estimate of drug-likeness (QED) is 0.427. The number of carbonyl (C=O) groups excluding carboxylic acids is 1. The van der Waals surface area contributed by atoms with Gasteiger partial charge < -0.3 is 21.7 Å². The summed E-state index contributed by atoms with van der Waals surface area (Å²) in [5.41, 5.74) is 7.62. The average Bonchev–Trinajstić information content (AvgIpc) is 3.38. The Morgan fingerprint density at radius 3 is 2.88 bits per heavy atom. The third-order valence-corrected chi connectivity index (χ3v) is 3.44. The number of nitrogens with one attached hydrogen (secondary N) is 3. The smallest absolute Gasteiger partial charge is 0.254 e. The number of nitrogens with two attached hydrogens (primary N) is 1. The van der Waals surface area contributed by atoms with Crippen molar-refractivity contribution < 1.29 is 9.18 Å². The number of nitrogens with zero attached hydrogens (tertiary/aromatic N) is 2. The van der Waals surface area contributed by atoms with Crippen molar-refractivity contribution in [2.45, 2.75) is 25.8 Å². The Hall–Kier alpha value is -2.90. The number of pyridine rings is 1. The molecule has 25 heavy (non-hydrogen) atoms. The lowest BCUT2D eigenvalue weighted by Crippen LogP contribution is -2.20. The number of aromatic nitrogens is 1. The molecule has 0 saturated heterocycles. The van der Waals surface area contributed by atoms with Gasteiger partial charge in [0.2, 0.25) is 0 Å². The Bertz CT molecular complexity index is 724. The summed E-state index contributed by atoms with van der Waals surface area (Å²) in [6, 6.07) is 2.13. The number of aliphatic imine (C=N–C) groups is 1. The van der Waals surface area contributed by atoms with Crippen molar-refractivity contribution in [3.63, 3.8) is 0 Å². The molecule has 8 heteroatoms. The summed E-state index contributed by atoms with van der Waals surface area (Å²) in [5, 5.41) is 8.90. The highest BCUT2D eigenvalue weighted by Crippen LogP contribution is 2.28. The van der Waals surface area contributed by atoms with Crippen LogP contribution in [-0.2, 0) is 0 Å². The second-order valence-electron chi connectivity index (χ2n) is 5.81. The third kappa shape index (κ3) is 5.59. The molecule has 5 N–H and O–H groups in total. The highest BCUT2D eigenvalue weighted by molar-refractivity contribution is 5.99. The van der Waals surface area contributed by atoms with Crippen LogP contribution in [-0.4, -0.2) is 36.4 Å². The zero-order valence-corrected chi connectivity index (χ0v) is 14.4. The van der Waals surface area contributed by atoms with Gasteiger partial charge in [-0.3, -0.25) is 4.79 Å². The van der Waals surface area contributed by atoms with Gasteiger partial charge in [-0.15, -0.1) is 0 Å². The first-order valence-corrected chi connectivity index (χ1v) is 7.94. The van der Waals surface area contributed by atoms with E-state index in [1.807, 2.05) is 0 Å². The van der Waals surface area contributed by atoms with Gasteiger partial charge in [0.15, 0.2) is 0 Å². The molecule has 0 aromatic carbocycles. The number of hydrogen-bond acceptors (Lipinski definition) is 6. The normalized spacial score (nSPS) is 14.8. The molecule has 1 aliphatic carbocycles. The molecule has 1 aromatic heterocycles. The summed E-state index contributed by atoms with van der Waals surface area (Å²) in [5.74, 6) is 0.447. The summed E-state index contributed by atoms with van der Waals surface area (Å²) < 4.78 is 12.4. The molecule has 1 fully saturated rings. The van der Waals surface area contributed by atoms with E-state index in [9.17, 15) is 9.18 Å². The number of amides is 1. The van der Waals surface area contributed by atoms with E-state index in [1.165, 1.54) is 12.3 Å². The zero-order valence-electron chi connectivity index (χ0n) is 14.4. The van der Waals surface area contributed by atoms with Crippen LogP contribution >= 0.6 is 0 Å². The number of alkyl halides is 1. The van der Waals surface area contributed by atoms with E-state index >= 15 is 0 Å². The fraction of sp³-hybridized carbons (Fsp3) is 0.353. The largest absolute Gasteiger partial charge is 0.384 e. The van der Waals surface area contributed by atoms with Gasteiger partial charge in [-0.05, 0) is 19.8 Å². The monoisotopic (exact) mass is 346 g/mol. The van der Waals surface area contributed by atoms with Gasteiger partial charge in [-0.1, -0.05) is 6.58 Å². The molecule has 1 aromatic rings. The number of allylic oxidation sites excluding steroid dienone is 1. The first-order chi connectivity index (χ1) is 11.9. The minimum atomic E-state index is -0.660. The van der Waals surface area contributed by atoms with Crippen LogP contribution in [0, 0.1) is 0 Å². The molecule has 1 saturated carbocycles. The van der Waals surface area contributed by atoms with E-state index < -0.39 is 6.67 Å². The van der Waals surface area contributed by atoms with Crippen LogP contribution in [0.4, 0.5) is 15.9 Å². The Balaban J connectivity index is 2.14. The molecular formula is C17H23FN6O. The van der Waals surface area contributed by atoms with Gasteiger partial charge in [0, 0.05) is 42.8 Å². The van der Waals surface area contributed by atoms with E-state index in [4.69, 9.17) is 5.73 Å². The summed E-state index contributed by atoms with van der Waals surface area (Å²) in [7, 11) is 1.57. The fourth-order valence-electron chi connectivity index (χ4n) is 2.07. The summed E-state index contributed by atoms with van der Waals surface area (Å²) in [6.45, 7) is 4.72. The highest BCUT2D eigenvalue weighted by Gasteiger charge is 2.23. The SMILES string of the molecule is C=C(/C=C(N)\N=C(/C)CF)Nc1cc(NC2CC2)c(C(=O)NC)cn1. The van der Waals surface area contributed by atoms with Crippen LogP contribution in [0.5, 0.6) is 0 Å². The molecule has 1 amide bonds. The van der Waals surface area contributed by atoms with Crippen molar-refractivity contribution in [3.05, 3.63) is 42.0 Å². The van der Waals surface area contributed by atoms with Crippen molar-refractivity contribution in [2.24, 2.45) is 10.7 Å². The first kappa shape index (κ1) is 18.4. The lowest BCUT2D eigenvalue weighted by atomic mass is 10.2. The van der Waals surface area contributed by atoms with Crippen LogP contribution in [0.1, 0.15) is 30.1 Å². The second kappa shape index (κ2) is 8.27. The Morgan fingerprint density at radius 2 is 2.28 bits per heavy atom. The maximum absolute atomic E-state index is 12.4. The molecule has 1 aliphatic rings. The summed E-state index contributed by atoms with van der Waals surface area (Å²) >= 11 is 0. The number of hydrogen-bond donors (Lipinski definition) is 4. The van der Waals surface area contributed by atoms with Crippen LogP contribution in [0.2, 0.25) is 0 Å². The van der Waals surface area contributed by atoms with Crippen LogP contribution in [0.25, 0.3) is 0 Å². The lowest BCUT2D eigenvalue weighted by Gasteiger charge is -2.13. The van der Waals surface area contributed by atoms with Crippen LogP contribution in [0.3, 0.4) is 0 Å². The second-order valence-corrected chi connectivity index (χ2v) is 5.81. The van der Waals surface area contributed by atoms with Gasteiger partial charge in [-0.2, -0.15) is 0 Å². The molecule has 2 rings (SSSR count). The van der Waals surface area contributed by atoms with E-state index in [0.717, 1.165) is 12.8 Å². The van der Waals surface area contributed by atoms with Crippen molar-refractivity contribution in [1.29, 1.82) is 0 Å². The molecule has 0 unspecified atom stereocenters. The molecule has 134 valence electrons. The van der Waals surface area contributed by atoms with E-state index in [0.29, 0.717) is 28.8 Å². The maximum Gasteiger partial charge on any atom is 0.254 e. The van der Waals surface area contributed by atoms with Crippen molar-refractivity contribution in [2.75, 3.05) is 24.4 Å². The highest BCUT2D eigenvalue weighted by atomic mass is 19.1. The number of rotatable bonds is 8. The van der Waals surface area contributed by atoms with Gasteiger partial charge >= 0.3 is 0 Å². The predicted molar refractivity (Wildman–Crippen MR) is 98.4 cm³/mol. The molecule has 0 radical (unpaired) electrons. The average molecular weight is 346 g/mol. The fourth-order valence-corrected chi connectivity index (χ4v) is 2.07. The van der Waals surface area contributed by atoms with Crippen LogP contribution < -0.4 is 21.7 Å². The van der Waals surface area contributed by atoms with Crippen molar-refractivity contribution in [3.8, 4) is 0 Å². The third-order valence-electron chi connectivity index (χ3n) is 3.44. The molecule has 0 atom stereocenters. The molecule has 7 nitrogen and oxygen atoms in total. The minimum absolute atomic E-state index is 0.144. The number of anilines is 2. The standard InChI is InChI=1S/C17H23FN6O/c1-10(6-15(19)22-11(2)8-18)23-16-7-14(24-12-4-5-12)13(9-21-16)17(25)20-3/h6-7,9,12H,1,4-5,8,19H2,2-3H3,(H,20,25)(H2,21,23,24)/b15-6-,22-11+. The van der Waals surface area contributed by atoms with Gasteiger partial charge in [-0.25, -0.2) is 14.4 Å². The van der Waals surface area contributed by atoms with Gasteiger partial charge in [0.25, 0.3) is 5.91 Å². The van der Waals surface area contributed by atoms with Crippen LogP contribution in [0.15, 0.2) is 41.4 Å². The van der Waals surface area contributed by atoms with Gasteiger partial charge in [0.05, 0.1) is 11.3 Å². The Morgan fingerprint density at radius 1 is 1.56 bits per heavy atom. The topological polar surface area (TPSA) is 104 Å². The molecule has 0 aliphatic heterocycles. The van der Waals surface area contributed by atoms with E-state index in [-0.39, 0.29) is 17.4 Å². The lowest BCUT2D eigenvalue weighted by molar-refractivity contribution is 0.0963. The van der Waals surface area contributed by atoms with Gasteiger partial charge in [0.1, 0.15) is 18.3 Å². The molecular weight excluding hydrogens is 323 g/mol. The predicted octanol–water partition coefficient (Wildman–Crippen LogP) is 2.17. The molecule has 0 spiro atoms. The zero-order chi connectivity index (χ0) is 18.4. The molecule has 1 heterocycles. The van der Waals surface area contributed by atoms with E-state index in [1.54, 1.807) is 20.0 Å². The number of carbonyl (C=O) groups is 1. The van der Waals surface area contributed by atoms with Crippen molar-refractivity contribution >= 4 is 23.1 Å². The Labute approximate surface area is 146 Å². The first-order valence-electron chi connectivity index (χ1n) is 7.94. The number of halogens is 1. The summed E-state index contributed by atoms with van der Waals surface area (Å²) in [6.07, 6.45) is 5.14. The Kier molecular flexibility index (Phi) is 6.10. The summed E-state index contributed by atoms with van der Waals surface area (Å²) in [4.78, 5) is 20.1. The van der Waals surface area contributed by atoms with E-state index in [2.05, 4.69) is 32.5 Å².